The van der Waals surface area contributed by atoms with Crippen LogP contribution >= 0.6 is 0 Å². The van der Waals surface area contributed by atoms with Crippen molar-refractivity contribution in [3.63, 3.8) is 0 Å². The summed E-state index contributed by atoms with van der Waals surface area (Å²) in [4.78, 5) is 34.0. The SMILES string of the molecule is CC(CNC(=O)NC(=O)CC(C)(C)C(=O)O)C(C)(C)C. The first-order chi connectivity index (χ1) is 8.86. The fourth-order valence-corrected chi connectivity index (χ4v) is 1.24. The zero-order valence-electron chi connectivity index (χ0n) is 13.2. The summed E-state index contributed by atoms with van der Waals surface area (Å²) in [5.41, 5.74) is -1.13. The number of aliphatic carboxylic acids is 1. The summed E-state index contributed by atoms with van der Waals surface area (Å²) in [6, 6.07) is -0.590. The summed E-state index contributed by atoms with van der Waals surface area (Å²) in [6.45, 7) is 11.5. The molecule has 3 amide bonds. The van der Waals surface area contributed by atoms with Crippen molar-refractivity contribution in [1.82, 2.24) is 10.6 Å². The molecular weight excluding hydrogens is 260 g/mol. The number of carboxylic acid groups (broad SMARTS) is 1. The average Bonchev–Trinajstić information content (AvgIpc) is 2.23. The van der Waals surface area contributed by atoms with Gasteiger partial charge in [0.15, 0.2) is 0 Å². The maximum atomic E-state index is 11.6. The molecule has 1 atom stereocenters. The number of rotatable bonds is 5. The van der Waals surface area contributed by atoms with E-state index in [0.717, 1.165) is 0 Å². The van der Waals surface area contributed by atoms with E-state index in [2.05, 4.69) is 31.4 Å². The van der Waals surface area contributed by atoms with Gasteiger partial charge in [0.1, 0.15) is 0 Å². The van der Waals surface area contributed by atoms with Crippen molar-refractivity contribution in [2.45, 2.75) is 48.0 Å². The molecule has 0 aromatic rings. The lowest BCUT2D eigenvalue weighted by molar-refractivity contribution is -0.149. The maximum Gasteiger partial charge on any atom is 0.321 e. The molecule has 0 aliphatic carbocycles. The fraction of sp³-hybridized carbons (Fsp3) is 0.786. The van der Waals surface area contributed by atoms with Crippen molar-refractivity contribution in [3.05, 3.63) is 0 Å². The fourth-order valence-electron chi connectivity index (χ4n) is 1.24. The van der Waals surface area contributed by atoms with E-state index in [4.69, 9.17) is 5.11 Å². The van der Waals surface area contributed by atoms with Crippen LogP contribution < -0.4 is 10.6 Å². The number of amides is 3. The second-order valence-electron chi connectivity index (χ2n) is 6.89. The van der Waals surface area contributed by atoms with E-state index in [-0.39, 0.29) is 17.8 Å². The van der Waals surface area contributed by atoms with Crippen LogP contribution in [-0.4, -0.2) is 29.6 Å². The Balaban J connectivity index is 4.23. The van der Waals surface area contributed by atoms with Gasteiger partial charge in [-0.25, -0.2) is 4.79 Å². The van der Waals surface area contributed by atoms with Crippen molar-refractivity contribution in [2.24, 2.45) is 16.7 Å². The van der Waals surface area contributed by atoms with E-state index in [1.165, 1.54) is 13.8 Å². The van der Waals surface area contributed by atoms with Crippen LogP contribution in [0.15, 0.2) is 0 Å². The first kappa shape index (κ1) is 18.4. The third-order valence-electron chi connectivity index (χ3n) is 3.48. The number of hydrogen-bond donors (Lipinski definition) is 3. The average molecular weight is 286 g/mol. The van der Waals surface area contributed by atoms with E-state index in [1.807, 2.05) is 6.92 Å². The highest BCUT2D eigenvalue weighted by molar-refractivity contribution is 5.96. The molecule has 6 nitrogen and oxygen atoms in total. The minimum absolute atomic E-state index is 0.0581. The number of nitrogens with one attached hydrogen (secondary N) is 2. The van der Waals surface area contributed by atoms with Gasteiger partial charge in [0.2, 0.25) is 5.91 Å². The molecule has 0 aromatic carbocycles. The van der Waals surface area contributed by atoms with E-state index >= 15 is 0 Å². The van der Waals surface area contributed by atoms with Crippen LogP contribution in [0.1, 0.15) is 48.0 Å². The number of hydrogen-bond acceptors (Lipinski definition) is 3. The van der Waals surface area contributed by atoms with Crippen molar-refractivity contribution in [2.75, 3.05) is 6.54 Å². The summed E-state index contributed by atoms with van der Waals surface area (Å²) in [5.74, 6) is -1.42. The Labute approximate surface area is 120 Å². The third-order valence-corrected chi connectivity index (χ3v) is 3.48. The topological polar surface area (TPSA) is 95.5 Å². The molecule has 0 saturated heterocycles. The molecule has 0 radical (unpaired) electrons. The van der Waals surface area contributed by atoms with E-state index in [1.54, 1.807) is 0 Å². The monoisotopic (exact) mass is 286 g/mol. The van der Waals surface area contributed by atoms with E-state index < -0.39 is 23.3 Å². The molecule has 0 bridgehead atoms. The van der Waals surface area contributed by atoms with Gasteiger partial charge in [-0.2, -0.15) is 0 Å². The highest BCUT2D eigenvalue weighted by atomic mass is 16.4. The van der Waals surface area contributed by atoms with Crippen LogP contribution in [0.3, 0.4) is 0 Å². The molecule has 0 saturated carbocycles. The van der Waals surface area contributed by atoms with Gasteiger partial charge in [-0.15, -0.1) is 0 Å². The molecule has 0 aromatic heterocycles. The molecule has 0 heterocycles. The highest BCUT2D eigenvalue weighted by Crippen LogP contribution is 2.24. The van der Waals surface area contributed by atoms with E-state index in [9.17, 15) is 14.4 Å². The quantitative estimate of drug-likeness (QED) is 0.720. The van der Waals surface area contributed by atoms with Crippen LogP contribution in [0, 0.1) is 16.7 Å². The highest BCUT2D eigenvalue weighted by Gasteiger charge is 2.30. The Bertz CT molecular complexity index is 383. The van der Waals surface area contributed by atoms with Gasteiger partial charge >= 0.3 is 12.0 Å². The van der Waals surface area contributed by atoms with Crippen molar-refractivity contribution in [3.8, 4) is 0 Å². The molecular formula is C14H26N2O4. The van der Waals surface area contributed by atoms with Gasteiger partial charge in [-0.3, -0.25) is 14.9 Å². The van der Waals surface area contributed by atoms with Gasteiger partial charge in [-0.1, -0.05) is 27.7 Å². The number of carboxylic acids is 1. The Hall–Kier alpha value is -1.59. The van der Waals surface area contributed by atoms with Gasteiger partial charge in [0.25, 0.3) is 0 Å². The van der Waals surface area contributed by atoms with Crippen LogP contribution in [0.25, 0.3) is 0 Å². The van der Waals surface area contributed by atoms with Crippen LogP contribution in [0.4, 0.5) is 4.79 Å². The van der Waals surface area contributed by atoms with Crippen molar-refractivity contribution >= 4 is 17.9 Å². The number of urea groups is 1. The molecule has 0 aliphatic rings. The summed E-state index contributed by atoms with van der Waals surface area (Å²) in [6.07, 6.45) is -0.245. The molecule has 0 spiro atoms. The lowest BCUT2D eigenvalue weighted by atomic mass is 9.82. The van der Waals surface area contributed by atoms with Gasteiger partial charge < -0.3 is 10.4 Å². The lowest BCUT2D eigenvalue weighted by Gasteiger charge is -2.27. The maximum absolute atomic E-state index is 11.6. The Kier molecular flexibility index (Phi) is 6.19. The van der Waals surface area contributed by atoms with Crippen molar-refractivity contribution < 1.29 is 19.5 Å². The minimum Gasteiger partial charge on any atom is -0.481 e. The summed E-state index contributed by atoms with van der Waals surface area (Å²) in [7, 11) is 0. The van der Waals surface area contributed by atoms with E-state index in [0.29, 0.717) is 6.54 Å². The molecule has 3 N–H and O–H groups in total. The molecule has 1 unspecified atom stereocenters. The Morgan fingerprint density at radius 3 is 2.00 bits per heavy atom. The number of carbonyl (C=O) groups excluding carboxylic acids is 2. The Morgan fingerprint density at radius 1 is 1.10 bits per heavy atom. The molecule has 0 rings (SSSR count). The summed E-state index contributed by atoms with van der Waals surface area (Å²) >= 11 is 0. The van der Waals surface area contributed by atoms with Gasteiger partial charge in [0.05, 0.1) is 5.41 Å². The lowest BCUT2D eigenvalue weighted by Crippen LogP contribution is -2.44. The van der Waals surface area contributed by atoms with Crippen molar-refractivity contribution in [1.29, 1.82) is 0 Å². The Morgan fingerprint density at radius 2 is 1.60 bits per heavy atom. The molecule has 0 aliphatic heterocycles. The second-order valence-corrected chi connectivity index (χ2v) is 6.89. The zero-order valence-corrected chi connectivity index (χ0v) is 13.2. The van der Waals surface area contributed by atoms with Crippen LogP contribution in [-0.2, 0) is 9.59 Å². The first-order valence-corrected chi connectivity index (χ1v) is 6.67. The molecule has 20 heavy (non-hydrogen) atoms. The molecule has 116 valence electrons. The summed E-state index contributed by atoms with van der Waals surface area (Å²) < 4.78 is 0. The van der Waals surface area contributed by atoms with Gasteiger partial charge in [0, 0.05) is 13.0 Å². The number of imide groups is 1. The number of carbonyl (C=O) groups is 3. The minimum atomic E-state index is -1.19. The van der Waals surface area contributed by atoms with Crippen LogP contribution in [0.2, 0.25) is 0 Å². The largest absolute Gasteiger partial charge is 0.481 e. The van der Waals surface area contributed by atoms with Crippen LogP contribution in [0.5, 0.6) is 0 Å². The standard InChI is InChI=1S/C14H26N2O4/c1-9(13(2,3)4)8-15-12(20)16-10(17)7-14(5,6)11(18)19/h9H,7-8H2,1-6H3,(H,18,19)(H2,15,16,17,20). The zero-order chi connectivity index (χ0) is 16.1. The third kappa shape index (κ3) is 6.54. The predicted octanol–water partition coefficient (Wildman–Crippen LogP) is 2.00. The summed E-state index contributed by atoms with van der Waals surface area (Å²) in [5, 5.41) is 13.7. The second kappa shape index (κ2) is 6.72. The smallest absolute Gasteiger partial charge is 0.321 e. The first-order valence-electron chi connectivity index (χ1n) is 6.67. The predicted molar refractivity (Wildman–Crippen MR) is 76.2 cm³/mol. The normalized spacial score (nSPS) is 13.5. The van der Waals surface area contributed by atoms with Gasteiger partial charge in [-0.05, 0) is 25.2 Å². The molecule has 0 fully saturated rings. The molecule has 6 heteroatoms.